The summed E-state index contributed by atoms with van der Waals surface area (Å²) in [5, 5.41) is 0. The van der Waals surface area contributed by atoms with Crippen LogP contribution in [0.1, 0.15) is 89.0 Å². The van der Waals surface area contributed by atoms with E-state index >= 15 is 0 Å². The molecule has 144 valence electrons. The Morgan fingerprint density at radius 2 is 1.50 bits per heavy atom. The molecule has 0 spiro atoms. The maximum absolute atomic E-state index is 6.54. The van der Waals surface area contributed by atoms with Crippen LogP contribution in [0.3, 0.4) is 0 Å². The van der Waals surface area contributed by atoms with Gasteiger partial charge in [-0.1, -0.05) is 94.4 Å². The van der Waals surface area contributed by atoms with E-state index in [9.17, 15) is 0 Å². The summed E-state index contributed by atoms with van der Waals surface area (Å²) in [5.41, 5.74) is 2.32. The van der Waals surface area contributed by atoms with Crippen LogP contribution in [-0.4, -0.2) is 12.2 Å². The molecule has 1 saturated carbocycles. The number of unbranched alkanes of at least 4 members (excludes halogenated alkanes) is 7. The van der Waals surface area contributed by atoms with Crippen LogP contribution in [0, 0.1) is 0 Å². The maximum Gasteiger partial charge on any atom is 0.0931 e. The second-order valence-corrected chi connectivity index (χ2v) is 7.80. The minimum Gasteiger partial charge on any atom is -0.370 e. The molecule has 0 heterocycles. The van der Waals surface area contributed by atoms with E-state index in [-0.39, 0.29) is 5.60 Å². The molecule has 0 saturated heterocycles. The summed E-state index contributed by atoms with van der Waals surface area (Å²) in [6.07, 6.45) is 18.5. The average Bonchev–Trinajstić information content (AvgIpc) is 2.70. The van der Waals surface area contributed by atoms with Crippen molar-refractivity contribution in [3.8, 4) is 0 Å². The lowest BCUT2D eigenvalue weighted by atomic mass is 9.77. The highest BCUT2D eigenvalue weighted by Gasteiger charge is 2.36. The largest absolute Gasteiger partial charge is 0.370 e. The Kier molecular flexibility index (Phi) is 9.77. The third kappa shape index (κ3) is 6.76. The van der Waals surface area contributed by atoms with Crippen molar-refractivity contribution < 1.29 is 4.74 Å². The molecule has 0 bridgehead atoms. The fourth-order valence-corrected chi connectivity index (χ4v) is 4.10. The van der Waals surface area contributed by atoms with Gasteiger partial charge in [-0.05, 0) is 43.2 Å². The van der Waals surface area contributed by atoms with E-state index in [2.05, 4.69) is 43.5 Å². The smallest absolute Gasteiger partial charge is 0.0931 e. The van der Waals surface area contributed by atoms with Crippen molar-refractivity contribution in [2.45, 2.75) is 89.1 Å². The molecule has 1 aliphatic carbocycles. The van der Waals surface area contributed by atoms with Crippen LogP contribution in [0.5, 0.6) is 0 Å². The minimum atomic E-state index is -0.121. The van der Waals surface area contributed by atoms with Crippen LogP contribution in [0.4, 0.5) is 0 Å². The van der Waals surface area contributed by atoms with Crippen molar-refractivity contribution in [2.24, 2.45) is 0 Å². The molecule has 26 heavy (non-hydrogen) atoms. The summed E-state index contributed by atoms with van der Waals surface area (Å²) in [6.45, 7) is 9.11. The van der Waals surface area contributed by atoms with Gasteiger partial charge in [-0.3, -0.25) is 0 Å². The molecule has 0 amide bonds. The summed E-state index contributed by atoms with van der Waals surface area (Å²) < 4.78 is 6.54. The molecule has 0 N–H and O–H groups in total. The molecule has 1 fully saturated rings. The fraction of sp³-hybridized carbons (Fsp3) is 0.600. The van der Waals surface area contributed by atoms with Gasteiger partial charge in [0.25, 0.3) is 0 Å². The maximum atomic E-state index is 6.54. The number of rotatable bonds is 13. The standard InChI is InChI=1S/C25H38O/c1-3-4-5-6-7-8-9-10-17-22-26-25(20-15-12-16-21-25)23(2)24-18-13-11-14-19-24/h3,11,13-14,18-19H,1-2,4-10,12,15-17,20-22H2. The van der Waals surface area contributed by atoms with Gasteiger partial charge in [0.1, 0.15) is 0 Å². The van der Waals surface area contributed by atoms with E-state index in [4.69, 9.17) is 4.74 Å². The Hall–Kier alpha value is -1.34. The second kappa shape index (κ2) is 12.1. The SMILES string of the molecule is C=CCCCCCCCCCOC1(C(=C)c2ccccc2)CCCCC1. The average molecular weight is 355 g/mol. The van der Waals surface area contributed by atoms with Crippen molar-refractivity contribution in [1.29, 1.82) is 0 Å². The van der Waals surface area contributed by atoms with Crippen LogP contribution >= 0.6 is 0 Å². The second-order valence-electron chi connectivity index (χ2n) is 7.80. The zero-order valence-corrected chi connectivity index (χ0v) is 16.7. The first kappa shape index (κ1) is 21.0. The van der Waals surface area contributed by atoms with Gasteiger partial charge in [0.15, 0.2) is 0 Å². The van der Waals surface area contributed by atoms with Crippen LogP contribution in [0.15, 0.2) is 49.6 Å². The molecule has 0 aromatic heterocycles. The first-order chi connectivity index (χ1) is 12.8. The van der Waals surface area contributed by atoms with Gasteiger partial charge in [-0.2, -0.15) is 0 Å². The predicted octanol–water partition coefficient (Wildman–Crippen LogP) is 7.73. The molecule has 2 rings (SSSR count). The fourth-order valence-electron chi connectivity index (χ4n) is 4.10. The molecule has 0 radical (unpaired) electrons. The first-order valence-electron chi connectivity index (χ1n) is 10.8. The Morgan fingerprint density at radius 1 is 0.885 bits per heavy atom. The minimum absolute atomic E-state index is 0.121. The topological polar surface area (TPSA) is 9.23 Å². The molecule has 0 atom stereocenters. The van der Waals surface area contributed by atoms with Crippen LogP contribution < -0.4 is 0 Å². The Balaban J connectivity index is 1.71. The van der Waals surface area contributed by atoms with Gasteiger partial charge < -0.3 is 4.74 Å². The first-order valence-corrected chi connectivity index (χ1v) is 10.8. The number of allylic oxidation sites excluding steroid dienone is 1. The number of benzene rings is 1. The van der Waals surface area contributed by atoms with Crippen LogP contribution in [0.2, 0.25) is 0 Å². The monoisotopic (exact) mass is 354 g/mol. The van der Waals surface area contributed by atoms with E-state index in [1.54, 1.807) is 0 Å². The van der Waals surface area contributed by atoms with Gasteiger partial charge in [-0.25, -0.2) is 0 Å². The van der Waals surface area contributed by atoms with Crippen molar-refractivity contribution in [3.05, 3.63) is 55.1 Å². The highest BCUT2D eigenvalue weighted by molar-refractivity contribution is 5.70. The Labute approximate surface area is 161 Å². The highest BCUT2D eigenvalue weighted by atomic mass is 16.5. The number of hydrogen-bond donors (Lipinski definition) is 0. The van der Waals surface area contributed by atoms with Gasteiger partial charge >= 0.3 is 0 Å². The molecule has 1 aromatic carbocycles. The summed E-state index contributed by atoms with van der Waals surface area (Å²) in [5.74, 6) is 0. The van der Waals surface area contributed by atoms with E-state index < -0.39 is 0 Å². The van der Waals surface area contributed by atoms with E-state index in [0.717, 1.165) is 19.4 Å². The molecule has 1 aromatic rings. The molecule has 1 aliphatic rings. The quantitative estimate of drug-likeness (QED) is 0.260. The molecule has 0 aliphatic heterocycles. The van der Waals surface area contributed by atoms with Gasteiger partial charge in [0, 0.05) is 6.61 Å². The normalized spacial score (nSPS) is 16.3. The summed E-state index contributed by atoms with van der Waals surface area (Å²) in [4.78, 5) is 0. The number of hydrogen-bond acceptors (Lipinski definition) is 1. The number of ether oxygens (including phenoxy) is 1. The zero-order valence-electron chi connectivity index (χ0n) is 16.7. The molecule has 0 unspecified atom stereocenters. The van der Waals surface area contributed by atoms with Crippen molar-refractivity contribution in [3.63, 3.8) is 0 Å². The van der Waals surface area contributed by atoms with Gasteiger partial charge in [0.2, 0.25) is 0 Å². The lowest BCUT2D eigenvalue weighted by Gasteiger charge is -2.39. The molecular formula is C25H38O. The third-order valence-corrected chi connectivity index (χ3v) is 5.76. The van der Waals surface area contributed by atoms with Crippen LogP contribution in [-0.2, 0) is 4.74 Å². The lowest BCUT2D eigenvalue weighted by molar-refractivity contribution is -0.0268. The predicted molar refractivity (Wildman–Crippen MR) is 114 cm³/mol. The summed E-state index contributed by atoms with van der Waals surface area (Å²) in [7, 11) is 0. The van der Waals surface area contributed by atoms with E-state index in [0.29, 0.717) is 0 Å². The third-order valence-electron chi connectivity index (χ3n) is 5.76. The van der Waals surface area contributed by atoms with Crippen molar-refractivity contribution in [1.82, 2.24) is 0 Å². The van der Waals surface area contributed by atoms with Crippen molar-refractivity contribution >= 4 is 5.57 Å². The molecule has 1 nitrogen and oxygen atoms in total. The van der Waals surface area contributed by atoms with Crippen LogP contribution in [0.25, 0.3) is 5.57 Å². The zero-order chi connectivity index (χ0) is 18.5. The van der Waals surface area contributed by atoms with E-state index in [1.165, 1.54) is 81.8 Å². The molecular weight excluding hydrogens is 316 g/mol. The van der Waals surface area contributed by atoms with Gasteiger partial charge in [-0.15, -0.1) is 6.58 Å². The molecule has 1 heteroatoms. The Bertz CT molecular complexity index is 510. The summed E-state index contributed by atoms with van der Waals surface area (Å²) >= 11 is 0. The van der Waals surface area contributed by atoms with Crippen molar-refractivity contribution in [2.75, 3.05) is 6.61 Å². The van der Waals surface area contributed by atoms with Gasteiger partial charge in [0.05, 0.1) is 5.60 Å². The van der Waals surface area contributed by atoms with E-state index in [1.807, 2.05) is 6.08 Å². The summed E-state index contributed by atoms with van der Waals surface area (Å²) in [6, 6.07) is 10.6. The highest BCUT2D eigenvalue weighted by Crippen LogP contribution is 2.41. The Morgan fingerprint density at radius 3 is 2.15 bits per heavy atom. The lowest BCUT2D eigenvalue weighted by Crippen LogP contribution is -2.36.